The third-order valence-corrected chi connectivity index (χ3v) is 3.55. The first-order valence-corrected chi connectivity index (χ1v) is 6.10. The van der Waals surface area contributed by atoms with Gasteiger partial charge in [0.2, 0.25) is 0 Å². The first-order valence-electron chi connectivity index (χ1n) is 5.73. The number of hydrogen-bond acceptors (Lipinski definition) is 6. The molecule has 7 nitrogen and oxygen atoms in total. The van der Waals surface area contributed by atoms with Crippen LogP contribution in [0.2, 0.25) is 5.15 Å². The quantitative estimate of drug-likeness (QED) is 0.655. The van der Waals surface area contributed by atoms with E-state index in [0.717, 1.165) is 0 Å². The predicted octanol–water partition coefficient (Wildman–Crippen LogP) is -0.304. The zero-order valence-electron chi connectivity index (χ0n) is 9.72. The van der Waals surface area contributed by atoms with Crippen LogP contribution < -0.4 is 0 Å². The van der Waals surface area contributed by atoms with Gasteiger partial charge in [0.25, 0.3) is 0 Å². The monoisotopic (exact) mass is 285 g/mol. The Bertz CT molecular complexity index is 605. The smallest absolute Gasteiger partial charge is 0.164 e. The molecular weight excluding hydrogens is 274 g/mol. The fourth-order valence-corrected chi connectivity index (χ4v) is 2.45. The van der Waals surface area contributed by atoms with Gasteiger partial charge in [0, 0.05) is 6.20 Å². The summed E-state index contributed by atoms with van der Waals surface area (Å²) in [6, 6.07) is 1.70. The SMILES string of the molecule is OC[C@@H]1O[C@@H](n2ccc3c(Cl)ncnc32)[C@@H](O)[C@@H]1O. The van der Waals surface area contributed by atoms with Gasteiger partial charge in [-0.05, 0) is 6.07 Å². The third-order valence-electron chi connectivity index (χ3n) is 3.25. The molecule has 1 fully saturated rings. The summed E-state index contributed by atoms with van der Waals surface area (Å²) in [5.41, 5.74) is 0.495. The highest BCUT2D eigenvalue weighted by atomic mass is 35.5. The molecule has 3 N–H and O–H groups in total. The maximum Gasteiger partial charge on any atom is 0.164 e. The molecule has 0 amide bonds. The van der Waals surface area contributed by atoms with E-state index in [-0.39, 0.29) is 6.61 Å². The van der Waals surface area contributed by atoms with E-state index in [4.69, 9.17) is 21.4 Å². The molecule has 19 heavy (non-hydrogen) atoms. The van der Waals surface area contributed by atoms with Crippen molar-refractivity contribution in [3.63, 3.8) is 0 Å². The lowest BCUT2D eigenvalue weighted by atomic mass is 10.1. The van der Waals surface area contributed by atoms with Gasteiger partial charge in [-0.3, -0.25) is 0 Å². The number of aliphatic hydroxyl groups is 3. The van der Waals surface area contributed by atoms with Crippen molar-refractivity contribution in [3.8, 4) is 0 Å². The number of fused-ring (bicyclic) bond motifs is 1. The molecule has 0 aliphatic carbocycles. The molecule has 102 valence electrons. The van der Waals surface area contributed by atoms with Crippen LogP contribution in [0.15, 0.2) is 18.6 Å². The molecule has 0 aromatic carbocycles. The summed E-state index contributed by atoms with van der Waals surface area (Å²) in [7, 11) is 0. The van der Waals surface area contributed by atoms with Gasteiger partial charge in [0.05, 0.1) is 12.0 Å². The molecular formula is C11H12ClN3O4. The molecule has 8 heteroatoms. The molecule has 0 unspecified atom stereocenters. The molecule has 0 spiro atoms. The van der Waals surface area contributed by atoms with E-state index < -0.39 is 24.5 Å². The third kappa shape index (κ3) is 1.90. The van der Waals surface area contributed by atoms with Crippen molar-refractivity contribution in [2.75, 3.05) is 6.61 Å². The van der Waals surface area contributed by atoms with E-state index in [2.05, 4.69) is 9.97 Å². The molecule has 1 saturated heterocycles. The summed E-state index contributed by atoms with van der Waals surface area (Å²) in [5, 5.41) is 29.7. The number of aliphatic hydroxyl groups excluding tert-OH is 3. The van der Waals surface area contributed by atoms with Crippen molar-refractivity contribution in [2.45, 2.75) is 24.5 Å². The van der Waals surface area contributed by atoms with Crippen LogP contribution in [0.1, 0.15) is 6.23 Å². The van der Waals surface area contributed by atoms with Gasteiger partial charge in [-0.15, -0.1) is 0 Å². The lowest BCUT2D eigenvalue weighted by molar-refractivity contribution is -0.0508. The van der Waals surface area contributed by atoms with Crippen molar-refractivity contribution in [1.29, 1.82) is 0 Å². The number of aromatic nitrogens is 3. The number of halogens is 1. The van der Waals surface area contributed by atoms with E-state index >= 15 is 0 Å². The van der Waals surface area contributed by atoms with Crippen LogP contribution in [0.25, 0.3) is 11.0 Å². The summed E-state index contributed by atoms with van der Waals surface area (Å²) in [4.78, 5) is 7.95. The molecule has 0 saturated carbocycles. The number of ether oxygens (including phenoxy) is 1. The Morgan fingerprint density at radius 2 is 2.11 bits per heavy atom. The highest BCUT2D eigenvalue weighted by Crippen LogP contribution is 2.32. The largest absolute Gasteiger partial charge is 0.394 e. The number of hydrogen-bond donors (Lipinski definition) is 3. The second-order valence-corrected chi connectivity index (χ2v) is 4.71. The van der Waals surface area contributed by atoms with Gasteiger partial charge >= 0.3 is 0 Å². The Labute approximate surface area is 113 Å². The van der Waals surface area contributed by atoms with E-state index in [1.807, 2.05) is 0 Å². The van der Waals surface area contributed by atoms with Crippen LogP contribution in [0.5, 0.6) is 0 Å². The van der Waals surface area contributed by atoms with Crippen LogP contribution in [-0.2, 0) is 4.74 Å². The highest BCUT2D eigenvalue weighted by Gasteiger charge is 2.43. The van der Waals surface area contributed by atoms with Gasteiger partial charge in [-0.25, -0.2) is 9.97 Å². The van der Waals surface area contributed by atoms with E-state index in [0.29, 0.717) is 16.2 Å². The van der Waals surface area contributed by atoms with Gasteiger partial charge < -0.3 is 24.6 Å². The second kappa shape index (κ2) is 4.69. The molecule has 2 aromatic rings. The first-order chi connectivity index (χ1) is 9.13. The lowest BCUT2D eigenvalue weighted by Gasteiger charge is -2.17. The summed E-state index contributed by atoms with van der Waals surface area (Å²) in [6.07, 6.45) is -0.995. The topological polar surface area (TPSA) is 101 Å². The Hall–Kier alpha value is -1.25. The Balaban J connectivity index is 2.04. The summed E-state index contributed by atoms with van der Waals surface area (Å²) in [5.74, 6) is 0. The van der Waals surface area contributed by atoms with Gasteiger partial charge in [-0.2, -0.15) is 0 Å². The van der Waals surface area contributed by atoms with Crippen LogP contribution >= 0.6 is 11.6 Å². The minimum atomic E-state index is -1.15. The van der Waals surface area contributed by atoms with Crippen molar-refractivity contribution >= 4 is 22.6 Å². The van der Waals surface area contributed by atoms with Crippen LogP contribution in [0.4, 0.5) is 0 Å². The van der Waals surface area contributed by atoms with E-state index in [1.165, 1.54) is 6.33 Å². The maximum atomic E-state index is 9.98. The predicted molar refractivity (Wildman–Crippen MR) is 65.5 cm³/mol. The van der Waals surface area contributed by atoms with Gasteiger partial charge in [0.1, 0.15) is 35.4 Å². The Kier molecular flexibility index (Phi) is 3.15. The van der Waals surface area contributed by atoms with Crippen molar-refractivity contribution in [2.24, 2.45) is 0 Å². The van der Waals surface area contributed by atoms with Crippen LogP contribution in [-0.4, -0.2) is 54.8 Å². The molecule has 4 atom stereocenters. The normalized spacial score (nSPS) is 31.2. The Morgan fingerprint density at radius 1 is 1.32 bits per heavy atom. The fourth-order valence-electron chi connectivity index (χ4n) is 2.26. The van der Waals surface area contributed by atoms with Gasteiger partial charge in [-0.1, -0.05) is 11.6 Å². The number of nitrogens with zero attached hydrogens (tertiary/aromatic N) is 3. The molecule has 0 radical (unpaired) electrons. The molecule has 2 aromatic heterocycles. The minimum absolute atomic E-state index is 0.301. The zero-order valence-corrected chi connectivity index (χ0v) is 10.5. The maximum absolute atomic E-state index is 9.98. The van der Waals surface area contributed by atoms with E-state index in [1.54, 1.807) is 16.8 Å². The summed E-state index contributed by atoms with van der Waals surface area (Å²) in [6.45, 7) is -0.371. The molecule has 3 rings (SSSR count). The summed E-state index contributed by atoms with van der Waals surface area (Å²) >= 11 is 5.94. The average Bonchev–Trinajstić information content (AvgIpc) is 2.94. The van der Waals surface area contributed by atoms with Crippen molar-refractivity contribution < 1.29 is 20.1 Å². The average molecular weight is 286 g/mol. The van der Waals surface area contributed by atoms with Crippen LogP contribution in [0.3, 0.4) is 0 Å². The molecule has 0 bridgehead atoms. The molecule has 1 aliphatic rings. The molecule has 1 aliphatic heterocycles. The van der Waals surface area contributed by atoms with Crippen molar-refractivity contribution in [3.05, 3.63) is 23.7 Å². The first kappa shape index (κ1) is 12.8. The number of rotatable bonds is 2. The second-order valence-electron chi connectivity index (χ2n) is 4.35. The van der Waals surface area contributed by atoms with E-state index in [9.17, 15) is 10.2 Å². The zero-order chi connectivity index (χ0) is 13.6. The minimum Gasteiger partial charge on any atom is -0.394 e. The van der Waals surface area contributed by atoms with Gasteiger partial charge in [0.15, 0.2) is 6.23 Å². The highest BCUT2D eigenvalue weighted by molar-refractivity contribution is 6.33. The lowest BCUT2D eigenvalue weighted by Crippen LogP contribution is -2.33. The molecule has 3 heterocycles. The summed E-state index contributed by atoms with van der Waals surface area (Å²) < 4.78 is 7.00. The standard InChI is InChI=1S/C11H12ClN3O4/c12-9-5-1-2-15(10(5)14-4-13-9)11-8(18)7(17)6(3-16)19-11/h1-2,4,6-8,11,16-18H,3H2/t6-,7+,8-,11+/m0/s1. The van der Waals surface area contributed by atoms with Crippen molar-refractivity contribution in [1.82, 2.24) is 14.5 Å². The fraction of sp³-hybridized carbons (Fsp3) is 0.455. The van der Waals surface area contributed by atoms with Crippen LogP contribution in [0, 0.1) is 0 Å². The Morgan fingerprint density at radius 3 is 2.79 bits per heavy atom.